The first-order valence-electron chi connectivity index (χ1n) is 8.69. The van der Waals surface area contributed by atoms with Crippen LogP contribution in [-0.4, -0.2) is 23.8 Å². The van der Waals surface area contributed by atoms with Crippen molar-refractivity contribution in [3.8, 4) is 5.75 Å². The van der Waals surface area contributed by atoms with Crippen LogP contribution in [0.1, 0.15) is 52.5 Å². The van der Waals surface area contributed by atoms with Gasteiger partial charge in [0.1, 0.15) is 11.5 Å². The highest BCUT2D eigenvalue weighted by molar-refractivity contribution is 7.22. The molecule has 1 aliphatic carbocycles. The third-order valence-corrected chi connectivity index (χ3v) is 5.73. The second-order valence-electron chi connectivity index (χ2n) is 7.60. The summed E-state index contributed by atoms with van der Waals surface area (Å²) < 4.78 is 11.9. The number of Topliss-reactive ketones (excluding diaryl/α,β-unsaturated/α-hetero) is 1. The normalized spacial score (nSPS) is 15.6. The van der Waals surface area contributed by atoms with E-state index in [4.69, 9.17) is 9.15 Å². The molecular formula is C20H20N2O4S. The average Bonchev–Trinajstić information content (AvgIpc) is 3.13. The number of ether oxygens (including phenoxy) is 1. The summed E-state index contributed by atoms with van der Waals surface area (Å²) in [4.78, 5) is 29.7. The van der Waals surface area contributed by atoms with Gasteiger partial charge in [-0.1, -0.05) is 25.2 Å². The number of ketones is 1. The van der Waals surface area contributed by atoms with Crippen LogP contribution < -0.4 is 10.1 Å². The molecule has 140 valence electrons. The SMILES string of the molecule is COc1ccc2nc(NC(=O)c3oc4c(c3C)C(=O)CC(C)(C)C4)sc2c1. The van der Waals surface area contributed by atoms with E-state index in [1.807, 2.05) is 32.0 Å². The highest BCUT2D eigenvalue weighted by Gasteiger charge is 2.37. The summed E-state index contributed by atoms with van der Waals surface area (Å²) in [6.45, 7) is 5.82. The Bertz CT molecular complexity index is 1080. The maximum atomic E-state index is 12.7. The van der Waals surface area contributed by atoms with Gasteiger partial charge in [-0.3, -0.25) is 14.9 Å². The minimum Gasteiger partial charge on any atom is -0.497 e. The average molecular weight is 384 g/mol. The van der Waals surface area contributed by atoms with Crippen molar-refractivity contribution < 1.29 is 18.7 Å². The predicted octanol–water partition coefficient (Wildman–Crippen LogP) is 4.61. The van der Waals surface area contributed by atoms with Crippen LogP contribution in [0, 0.1) is 12.3 Å². The number of anilines is 1. The van der Waals surface area contributed by atoms with E-state index in [2.05, 4.69) is 10.3 Å². The number of carbonyl (C=O) groups excluding carboxylic acids is 2. The van der Waals surface area contributed by atoms with Crippen molar-refractivity contribution in [2.24, 2.45) is 5.41 Å². The number of hydrogen-bond acceptors (Lipinski definition) is 6. The van der Waals surface area contributed by atoms with E-state index in [0.29, 0.717) is 34.9 Å². The summed E-state index contributed by atoms with van der Waals surface area (Å²) in [6.07, 6.45) is 1.10. The first-order chi connectivity index (χ1) is 12.8. The van der Waals surface area contributed by atoms with Gasteiger partial charge >= 0.3 is 0 Å². The first-order valence-corrected chi connectivity index (χ1v) is 9.50. The second kappa shape index (κ2) is 6.20. The summed E-state index contributed by atoms with van der Waals surface area (Å²) in [5.41, 5.74) is 1.79. The zero-order valence-corrected chi connectivity index (χ0v) is 16.5. The van der Waals surface area contributed by atoms with E-state index in [1.165, 1.54) is 11.3 Å². The van der Waals surface area contributed by atoms with Gasteiger partial charge in [-0.15, -0.1) is 0 Å². The minimum atomic E-state index is -0.390. The predicted molar refractivity (Wildman–Crippen MR) is 104 cm³/mol. The van der Waals surface area contributed by atoms with Crippen LogP contribution in [0.25, 0.3) is 10.2 Å². The Morgan fingerprint density at radius 1 is 1.33 bits per heavy atom. The number of aromatic nitrogens is 1. The van der Waals surface area contributed by atoms with Crippen LogP contribution in [0.2, 0.25) is 0 Å². The third kappa shape index (κ3) is 3.12. The lowest BCUT2D eigenvalue weighted by Crippen LogP contribution is -2.26. The second-order valence-corrected chi connectivity index (χ2v) is 8.63. The lowest BCUT2D eigenvalue weighted by atomic mass is 9.76. The van der Waals surface area contributed by atoms with Crippen molar-refractivity contribution in [3.63, 3.8) is 0 Å². The van der Waals surface area contributed by atoms with Crippen LogP contribution >= 0.6 is 11.3 Å². The quantitative estimate of drug-likeness (QED) is 0.713. The fourth-order valence-corrected chi connectivity index (χ4v) is 4.43. The number of rotatable bonds is 3. The van der Waals surface area contributed by atoms with Crippen molar-refractivity contribution in [3.05, 3.63) is 40.8 Å². The zero-order valence-electron chi connectivity index (χ0n) is 15.6. The van der Waals surface area contributed by atoms with Gasteiger partial charge in [0.25, 0.3) is 5.91 Å². The number of benzene rings is 1. The molecule has 1 N–H and O–H groups in total. The number of carbonyl (C=O) groups is 2. The Kier molecular flexibility index (Phi) is 4.07. The molecule has 0 saturated carbocycles. The number of nitrogens with zero attached hydrogens (tertiary/aromatic N) is 1. The molecule has 0 saturated heterocycles. The molecule has 0 spiro atoms. The molecule has 0 bridgehead atoms. The van der Waals surface area contributed by atoms with E-state index in [9.17, 15) is 9.59 Å². The van der Waals surface area contributed by atoms with Crippen molar-refractivity contribution >= 4 is 38.4 Å². The van der Waals surface area contributed by atoms with Gasteiger partial charge in [0.15, 0.2) is 16.7 Å². The Morgan fingerprint density at radius 3 is 2.85 bits per heavy atom. The van der Waals surface area contributed by atoms with Gasteiger partial charge in [0.2, 0.25) is 0 Å². The molecule has 0 unspecified atom stereocenters. The van der Waals surface area contributed by atoms with Crippen molar-refractivity contribution in [1.82, 2.24) is 4.98 Å². The first kappa shape index (κ1) is 17.7. The smallest absolute Gasteiger partial charge is 0.293 e. The van der Waals surface area contributed by atoms with Gasteiger partial charge in [-0.25, -0.2) is 4.98 Å². The van der Waals surface area contributed by atoms with Gasteiger partial charge in [-0.05, 0) is 30.5 Å². The van der Waals surface area contributed by atoms with E-state index >= 15 is 0 Å². The molecule has 2 heterocycles. The van der Waals surface area contributed by atoms with Crippen LogP contribution in [-0.2, 0) is 6.42 Å². The molecule has 0 atom stereocenters. The van der Waals surface area contributed by atoms with Crippen molar-refractivity contribution in [2.45, 2.75) is 33.6 Å². The number of thiazole rings is 1. The molecular weight excluding hydrogens is 364 g/mol. The molecule has 0 fully saturated rings. The van der Waals surface area contributed by atoms with E-state index in [-0.39, 0.29) is 17.0 Å². The Morgan fingerprint density at radius 2 is 2.11 bits per heavy atom. The van der Waals surface area contributed by atoms with E-state index < -0.39 is 5.91 Å². The number of furan rings is 1. The molecule has 27 heavy (non-hydrogen) atoms. The molecule has 1 amide bonds. The molecule has 7 heteroatoms. The molecule has 2 aromatic heterocycles. The number of methoxy groups -OCH3 is 1. The molecule has 3 aromatic rings. The van der Waals surface area contributed by atoms with Crippen LogP contribution in [0.3, 0.4) is 0 Å². The Hall–Kier alpha value is -2.67. The van der Waals surface area contributed by atoms with Crippen LogP contribution in [0.15, 0.2) is 22.6 Å². The van der Waals surface area contributed by atoms with Crippen molar-refractivity contribution in [1.29, 1.82) is 0 Å². The van der Waals surface area contributed by atoms with Gasteiger partial charge < -0.3 is 9.15 Å². The highest BCUT2D eigenvalue weighted by atomic mass is 32.1. The lowest BCUT2D eigenvalue weighted by Gasteiger charge is -2.27. The summed E-state index contributed by atoms with van der Waals surface area (Å²) in [7, 11) is 1.61. The Balaban J connectivity index is 1.63. The largest absolute Gasteiger partial charge is 0.497 e. The molecule has 0 radical (unpaired) electrons. The van der Waals surface area contributed by atoms with E-state index in [1.54, 1.807) is 14.0 Å². The number of amides is 1. The summed E-state index contributed by atoms with van der Waals surface area (Å²) >= 11 is 1.36. The van der Waals surface area contributed by atoms with Gasteiger partial charge in [0, 0.05) is 18.4 Å². The van der Waals surface area contributed by atoms with Gasteiger partial charge in [0.05, 0.1) is 22.9 Å². The maximum Gasteiger partial charge on any atom is 0.293 e. The van der Waals surface area contributed by atoms with E-state index in [0.717, 1.165) is 16.0 Å². The molecule has 4 rings (SSSR count). The van der Waals surface area contributed by atoms with Crippen molar-refractivity contribution in [2.75, 3.05) is 12.4 Å². The summed E-state index contributed by atoms with van der Waals surface area (Å²) in [5, 5.41) is 3.27. The monoisotopic (exact) mass is 384 g/mol. The maximum absolute atomic E-state index is 12.7. The molecule has 6 nitrogen and oxygen atoms in total. The fraction of sp³-hybridized carbons (Fsp3) is 0.350. The van der Waals surface area contributed by atoms with Crippen LogP contribution in [0.4, 0.5) is 5.13 Å². The zero-order chi connectivity index (χ0) is 19.3. The number of nitrogens with one attached hydrogen (secondary N) is 1. The van der Waals surface area contributed by atoms with Crippen LogP contribution in [0.5, 0.6) is 5.75 Å². The topological polar surface area (TPSA) is 81.4 Å². The minimum absolute atomic E-state index is 0.0358. The fourth-order valence-electron chi connectivity index (χ4n) is 3.54. The standard InChI is InChI=1S/C20H20N2O4S/c1-10-16-13(23)8-20(2,3)9-14(16)26-17(10)18(24)22-19-21-12-6-5-11(25-4)7-15(12)27-19/h5-7H,8-9H2,1-4H3,(H,21,22,24). The number of hydrogen-bond donors (Lipinski definition) is 1. The third-order valence-electron chi connectivity index (χ3n) is 4.80. The summed E-state index contributed by atoms with van der Waals surface area (Å²) in [5.74, 6) is 1.17. The van der Waals surface area contributed by atoms with Gasteiger partial charge in [-0.2, -0.15) is 0 Å². The number of fused-ring (bicyclic) bond motifs is 2. The Labute approximate surface area is 160 Å². The molecule has 1 aliphatic rings. The molecule has 0 aliphatic heterocycles. The lowest BCUT2D eigenvalue weighted by molar-refractivity contribution is 0.0898. The summed E-state index contributed by atoms with van der Waals surface area (Å²) in [6, 6.07) is 5.55. The molecule has 1 aromatic carbocycles. The highest BCUT2D eigenvalue weighted by Crippen LogP contribution is 2.38.